The lowest BCUT2D eigenvalue weighted by Crippen LogP contribution is -2.33. The Bertz CT molecular complexity index is 611. The van der Waals surface area contributed by atoms with Crippen molar-refractivity contribution >= 4 is 34.5 Å². The minimum atomic E-state index is -1.09. The molecule has 5 heteroatoms. The zero-order valence-corrected chi connectivity index (χ0v) is 12.6. The second kappa shape index (κ2) is 6.51. The molecule has 0 spiro atoms. The second-order valence-corrected chi connectivity index (χ2v) is 5.41. The van der Waals surface area contributed by atoms with Crippen LogP contribution in [0.1, 0.15) is 22.0 Å². The lowest BCUT2D eigenvalue weighted by atomic mass is 10.1. The van der Waals surface area contributed by atoms with E-state index in [1.807, 2.05) is 0 Å². The van der Waals surface area contributed by atoms with Crippen molar-refractivity contribution in [3.05, 3.63) is 69.3 Å². The number of carbonyl (C=O) groups excluding carboxylic acids is 1. The molecule has 0 aliphatic rings. The smallest absolute Gasteiger partial charge is 0.330 e. The van der Waals surface area contributed by atoms with E-state index in [9.17, 15) is 14.7 Å². The zero-order valence-electron chi connectivity index (χ0n) is 10.4. The molecule has 1 amide bonds. The van der Waals surface area contributed by atoms with Crippen LogP contribution in [0.5, 0.6) is 0 Å². The summed E-state index contributed by atoms with van der Waals surface area (Å²) in [4.78, 5) is 23.4. The maximum absolute atomic E-state index is 12.1. The highest BCUT2D eigenvalue weighted by atomic mass is 127. The van der Waals surface area contributed by atoms with E-state index in [2.05, 4.69) is 27.9 Å². The van der Waals surface area contributed by atoms with Crippen LogP contribution in [0, 0.1) is 3.57 Å². The van der Waals surface area contributed by atoms with Crippen molar-refractivity contribution in [3.8, 4) is 0 Å². The van der Waals surface area contributed by atoms with Gasteiger partial charge in [-0.3, -0.25) is 4.79 Å². The first-order valence-electron chi connectivity index (χ1n) is 5.92. The van der Waals surface area contributed by atoms with Crippen LogP contribution >= 0.6 is 22.6 Å². The fraction of sp³-hybridized carbons (Fsp3) is 0.0667. The predicted octanol–water partition coefficient (Wildman–Crippen LogP) is 2.85. The van der Waals surface area contributed by atoms with E-state index >= 15 is 0 Å². The molecule has 20 heavy (non-hydrogen) atoms. The Kier molecular flexibility index (Phi) is 4.73. The van der Waals surface area contributed by atoms with Gasteiger partial charge in [-0.1, -0.05) is 30.3 Å². The highest BCUT2D eigenvalue weighted by Gasteiger charge is 2.22. The summed E-state index contributed by atoms with van der Waals surface area (Å²) in [5.41, 5.74) is 0.978. The van der Waals surface area contributed by atoms with Gasteiger partial charge in [-0.05, 0) is 52.4 Å². The Labute approximate surface area is 130 Å². The van der Waals surface area contributed by atoms with Gasteiger partial charge in [0.1, 0.15) is 0 Å². The highest BCUT2D eigenvalue weighted by molar-refractivity contribution is 14.1. The molecule has 102 valence electrons. The van der Waals surface area contributed by atoms with Crippen molar-refractivity contribution in [2.24, 2.45) is 0 Å². The van der Waals surface area contributed by atoms with Crippen LogP contribution < -0.4 is 5.32 Å². The normalized spacial score (nSPS) is 11.7. The molecule has 0 unspecified atom stereocenters. The van der Waals surface area contributed by atoms with Crippen LogP contribution in [-0.4, -0.2) is 17.0 Å². The molecule has 0 aromatic heterocycles. The average Bonchev–Trinajstić information content (AvgIpc) is 2.46. The average molecular weight is 381 g/mol. The van der Waals surface area contributed by atoms with Crippen LogP contribution in [0.15, 0.2) is 54.6 Å². The number of aliphatic carboxylic acids is 1. The Hall–Kier alpha value is -1.89. The number of carboxylic acid groups (broad SMARTS) is 1. The lowest BCUT2D eigenvalue weighted by molar-refractivity contribution is -0.139. The number of carbonyl (C=O) groups is 2. The topological polar surface area (TPSA) is 66.4 Å². The van der Waals surface area contributed by atoms with Crippen molar-refractivity contribution in [2.75, 3.05) is 0 Å². The summed E-state index contributed by atoms with van der Waals surface area (Å²) >= 11 is 2.14. The maximum atomic E-state index is 12.1. The molecule has 0 saturated heterocycles. The molecular formula is C15H12INO3. The van der Waals surface area contributed by atoms with Gasteiger partial charge in [0, 0.05) is 9.13 Å². The second-order valence-electron chi connectivity index (χ2n) is 4.16. The molecule has 4 nitrogen and oxygen atoms in total. The van der Waals surface area contributed by atoms with Crippen molar-refractivity contribution in [1.82, 2.24) is 5.32 Å². The molecule has 0 aliphatic carbocycles. The van der Waals surface area contributed by atoms with E-state index in [0.717, 1.165) is 3.57 Å². The van der Waals surface area contributed by atoms with Crippen molar-refractivity contribution in [3.63, 3.8) is 0 Å². The number of benzene rings is 2. The van der Waals surface area contributed by atoms with E-state index in [4.69, 9.17) is 0 Å². The molecule has 0 fully saturated rings. The maximum Gasteiger partial charge on any atom is 0.330 e. The highest BCUT2D eigenvalue weighted by Crippen LogP contribution is 2.14. The van der Waals surface area contributed by atoms with Crippen LogP contribution in [0.2, 0.25) is 0 Å². The van der Waals surface area contributed by atoms with Gasteiger partial charge in [-0.15, -0.1) is 0 Å². The largest absolute Gasteiger partial charge is 0.479 e. The molecule has 2 rings (SSSR count). The van der Waals surface area contributed by atoms with E-state index < -0.39 is 17.9 Å². The molecule has 2 aromatic carbocycles. The first-order valence-corrected chi connectivity index (χ1v) is 7.00. The molecule has 0 bridgehead atoms. The van der Waals surface area contributed by atoms with Crippen LogP contribution in [0.25, 0.3) is 0 Å². The number of amides is 1. The third-order valence-corrected chi connectivity index (χ3v) is 3.48. The van der Waals surface area contributed by atoms with E-state index in [1.54, 1.807) is 54.6 Å². The monoisotopic (exact) mass is 381 g/mol. The van der Waals surface area contributed by atoms with Crippen molar-refractivity contribution in [1.29, 1.82) is 0 Å². The van der Waals surface area contributed by atoms with Crippen molar-refractivity contribution < 1.29 is 14.7 Å². The number of hydrogen-bond donors (Lipinski definition) is 2. The molecule has 2 N–H and O–H groups in total. The van der Waals surface area contributed by atoms with Gasteiger partial charge < -0.3 is 10.4 Å². The Morgan fingerprint density at radius 3 is 2.15 bits per heavy atom. The first kappa shape index (κ1) is 14.5. The fourth-order valence-electron chi connectivity index (χ4n) is 1.75. The summed E-state index contributed by atoms with van der Waals surface area (Å²) in [7, 11) is 0. The summed E-state index contributed by atoms with van der Waals surface area (Å²) in [5.74, 6) is -1.49. The Morgan fingerprint density at radius 2 is 1.60 bits per heavy atom. The number of hydrogen-bond acceptors (Lipinski definition) is 2. The van der Waals surface area contributed by atoms with Gasteiger partial charge in [0.15, 0.2) is 6.04 Å². The van der Waals surface area contributed by atoms with Crippen LogP contribution in [-0.2, 0) is 4.79 Å². The molecule has 1 atom stereocenters. The van der Waals surface area contributed by atoms with E-state index in [0.29, 0.717) is 11.1 Å². The predicted molar refractivity (Wildman–Crippen MR) is 83.4 cm³/mol. The van der Waals surface area contributed by atoms with Crippen molar-refractivity contribution in [2.45, 2.75) is 6.04 Å². The Balaban J connectivity index is 2.19. The minimum Gasteiger partial charge on any atom is -0.479 e. The third-order valence-electron chi connectivity index (χ3n) is 2.76. The fourth-order valence-corrected chi connectivity index (χ4v) is 2.11. The minimum absolute atomic E-state index is 0.405. The molecule has 2 aromatic rings. The summed E-state index contributed by atoms with van der Waals surface area (Å²) < 4.78 is 1.01. The zero-order chi connectivity index (χ0) is 14.5. The van der Waals surface area contributed by atoms with Crippen LogP contribution in [0.3, 0.4) is 0 Å². The summed E-state index contributed by atoms with van der Waals surface area (Å²) in [6.45, 7) is 0. The van der Waals surface area contributed by atoms with E-state index in [1.165, 1.54) is 0 Å². The van der Waals surface area contributed by atoms with E-state index in [-0.39, 0.29) is 0 Å². The third kappa shape index (κ3) is 3.57. The molecule has 0 radical (unpaired) electrons. The first-order chi connectivity index (χ1) is 9.58. The Morgan fingerprint density at radius 1 is 1.00 bits per heavy atom. The van der Waals surface area contributed by atoms with Gasteiger partial charge in [0.05, 0.1) is 0 Å². The number of nitrogens with one attached hydrogen (secondary N) is 1. The van der Waals surface area contributed by atoms with Gasteiger partial charge in [-0.2, -0.15) is 0 Å². The molecule has 0 heterocycles. The van der Waals surface area contributed by atoms with Gasteiger partial charge >= 0.3 is 5.97 Å². The SMILES string of the molecule is O=C(N[C@@H](C(=O)O)c1ccccc1)c1ccc(I)cc1. The molecule has 0 saturated carbocycles. The molecule has 0 aliphatic heterocycles. The number of carboxylic acids is 1. The lowest BCUT2D eigenvalue weighted by Gasteiger charge is -2.14. The van der Waals surface area contributed by atoms with Gasteiger partial charge in [0.25, 0.3) is 5.91 Å². The molecular weight excluding hydrogens is 369 g/mol. The summed E-state index contributed by atoms with van der Waals surface area (Å²) in [5, 5.41) is 11.8. The quantitative estimate of drug-likeness (QED) is 0.801. The van der Waals surface area contributed by atoms with Gasteiger partial charge in [-0.25, -0.2) is 4.79 Å². The number of rotatable bonds is 4. The standard InChI is InChI=1S/C15H12INO3/c16-12-8-6-11(7-9-12)14(18)17-13(15(19)20)10-4-2-1-3-5-10/h1-9,13H,(H,17,18)(H,19,20)/t13-/m1/s1. The number of halogens is 1. The summed E-state index contributed by atoms with van der Waals surface area (Å²) in [6, 6.07) is 14.5. The van der Waals surface area contributed by atoms with Crippen LogP contribution in [0.4, 0.5) is 0 Å². The summed E-state index contributed by atoms with van der Waals surface area (Å²) in [6.07, 6.45) is 0. The van der Waals surface area contributed by atoms with Gasteiger partial charge in [0.2, 0.25) is 0 Å².